The average molecular weight is 539 g/mol. The molecule has 0 fully saturated rings. The van der Waals surface area contributed by atoms with Crippen LogP contribution >= 0.6 is 11.6 Å². The van der Waals surface area contributed by atoms with Gasteiger partial charge in [-0.05, 0) is 44.5 Å². The Morgan fingerprint density at radius 2 is 1.84 bits per heavy atom. The first-order chi connectivity index (χ1) is 17.2. The summed E-state index contributed by atoms with van der Waals surface area (Å²) in [5.74, 6) is -2.31. The summed E-state index contributed by atoms with van der Waals surface area (Å²) in [6, 6.07) is 7.02. The fraction of sp³-hybridized carbons (Fsp3) is 0.320. The lowest BCUT2D eigenvalue weighted by Gasteiger charge is -2.29. The van der Waals surface area contributed by atoms with Crippen LogP contribution in [0.2, 0.25) is 5.02 Å². The molecule has 37 heavy (non-hydrogen) atoms. The number of halogens is 4. The second-order valence-corrected chi connectivity index (χ2v) is 9.87. The van der Waals surface area contributed by atoms with Crippen LogP contribution in [0.3, 0.4) is 0 Å². The van der Waals surface area contributed by atoms with Crippen LogP contribution in [0.4, 0.5) is 13.2 Å². The summed E-state index contributed by atoms with van der Waals surface area (Å²) in [6.45, 7) is 4.23. The molecule has 1 aromatic heterocycles. The van der Waals surface area contributed by atoms with Gasteiger partial charge >= 0.3 is 12.1 Å². The smallest absolute Gasteiger partial charge is 0.416 e. The molecule has 4 rings (SSSR count). The molecule has 1 aliphatic heterocycles. The molecule has 12 heteroatoms. The summed E-state index contributed by atoms with van der Waals surface area (Å²) >= 11 is 6.19. The summed E-state index contributed by atoms with van der Waals surface area (Å²) in [6.07, 6.45) is -5.41. The number of esters is 1. The van der Waals surface area contributed by atoms with Crippen molar-refractivity contribution in [3.05, 3.63) is 68.5 Å². The first-order valence-corrected chi connectivity index (χ1v) is 11.5. The van der Waals surface area contributed by atoms with E-state index in [9.17, 15) is 32.7 Å². The summed E-state index contributed by atoms with van der Waals surface area (Å²) < 4.78 is 51.2. The Bertz CT molecular complexity index is 1460. The van der Waals surface area contributed by atoms with E-state index in [1.807, 2.05) is 0 Å². The molecule has 1 aliphatic rings. The summed E-state index contributed by atoms with van der Waals surface area (Å²) in [7, 11) is 0. The molecule has 1 atom stereocenters. The van der Waals surface area contributed by atoms with Crippen LogP contribution < -0.4 is 15.6 Å². The highest BCUT2D eigenvalue weighted by molar-refractivity contribution is 6.31. The van der Waals surface area contributed by atoms with Crippen molar-refractivity contribution in [3.63, 3.8) is 0 Å². The van der Waals surface area contributed by atoms with Gasteiger partial charge in [-0.3, -0.25) is 19.0 Å². The minimum absolute atomic E-state index is 0.0513. The molecular formula is C25H22ClF3N2O6. The zero-order valence-corrected chi connectivity index (χ0v) is 20.7. The van der Waals surface area contributed by atoms with Crippen LogP contribution in [0.1, 0.15) is 48.4 Å². The van der Waals surface area contributed by atoms with Gasteiger partial charge in [-0.25, -0.2) is 0 Å². The first kappa shape index (κ1) is 26.3. The third-order valence-electron chi connectivity index (χ3n) is 5.53. The number of nitrogens with zero attached hydrogens (tertiary/aromatic N) is 1. The standard InChI is InChI=1S/C25H22ClF3N2O6/c1-24(2,3)37-18(32)10-30-22(34)19-21(33)15-8-14(26)9-16-20(15)31(23(19)35)11-17(36-16)12-4-6-13(7-5-12)25(27,28)29/h4-9,17,33H,10-11H2,1-3H3,(H,30,34). The maximum absolute atomic E-state index is 13.4. The van der Waals surface area contributed by atoms with Gasteiger partial charge in [-0.15, -0.1) is 0 Å². The van der Waals surface area contributed by atoms with E-state index in [-0.39, 0.29) is 28.2 Å². The third kappa shape index (κ3) is 5.36. The average Bonchev–Trinajstić information content (AvgIpc) is 2.79. The van der Waals surface area contributed by atoms with E-state index in [1.165, 1.54) is 28.8 Å². The zero-order valence-electron chi connectivity index (χ0n) is 19.9. The number of aromatic nitrogens is 1. The van der Waals surface area contributed by atoms with Gasteiger partial charge in [0.15, 0.2) is 0 Å². The fourth-order valence-corrected chi connectivity index (χ4v) is 4.22. The Balaban J connectivity index is 1.73. The van der Waals surface area contributed by atoms with Crippen molar-refractivity contribution in [1.29, 1.82) is 0 Å². The summed E-state index contributed by atoms with van der Waals surface area (Å²) in [4.78, 5) is 38.2. The van der Waals surface area contributed by atoms with Gasteiger partial charge in [0.25, 0.3) is 11.5 Å². The topological polar surface area (TPSA) is 107 Å². The lowest BCUT2D eigenvalue weighted by molar-refractivity contribution is -0.153. The maximum atomic E-state index is 13.4. The molecule has 0 radical (unpaired) electrons. The number of pyridine rings is 1. The summed E-state index contributed by atoms with van der Waals surface area (Å²) in [5, 5.41) is 13.3. The SMILES string of the molecule is CC(C)(C)OC(=O)CNC(=O)c1c(O)c2cc(Cl)cc3c2n(c1=O)CC(c1ccc(C(F)(F)F)cc1)O3. The Kier molecular flexibility index (Phi) is 6.61. The van der Waals surface area contributed by atoms with Crippen LogP contribution in [0.5, 0.6) is 11.5 Å². The number of alkyl halides is 3. The van der Waals surface area contributed by atoms with Gasteiger partial charge in [0, 0.05) is 16.5 Å². The highest BCUT2D eigenvalue weighted by atomic mass is 35.5. The number of benzene rings is 2. The van der Waals surface area contributed by atoms with Crippen molar-refractivity contribution >= 4 is 34.4 Å². The van der Waals surface area contributed by atoms with Gasteiger partial charge < -0.3 is 19.9 Å². The zero-order chi connectivity index (χ0) is 27.3. The number of hydrogen-bond acceptors (Lipinski definition) is 6. The molecule has 0 spiro atoms. The molecule has 2 heterocycles. The predicted molar refractivity (Wildman–Crippen MR) is 128 cm³/mol. The molecule has 0 saturated heterocycles. The number of rotatable bonds is 4. The van der Waals surface area contributed by atoms with Gasteiger partial charge in [0.1, 0.15) is 35.3 Å². The Morgan fingerprint density at radius 3 is 2.43 bits per heavy atom. The van der Waals surface area contributed by atoms with Gasteiger partial charge in [0.05, 0.1) is 17.6 Å². The minimum atomic E-state index is -4.52. The van der Waals surface area contributed by atoms with E-state index in [4.69, 9.17) is 21.1 Å². The van der Waals surface area contributed by atoms with Crippen molar-refractivity contribution in [3.8, 4) is 11.5 Å². The second-order valence-electron chi connectivity index (χ2n) is 9.43. The molecule has 0 aliphatic carbocycles. The van der Waals surface area contributed by atoms with Crippen LogP contribution in [-0.4, -0.2) is 33.7 Å². The van der Waals surface area contributed by atoms with Crippen molar-refractivity contribution in [2.24, 2.45) is 0 Å². The van der Waals surface area contributed by atoms with Gasteiger partial charge in [0.2, 0.25) is 0 Å². The number of aromatic hydroxyl groups is 1. The van der Waals surface area contributed by atoms with E-state index < -0.39 is 58.7 Å². The van der Waals surface area contributed by atoms with Crippen molar-refractivity contribution < 1.29 is 37.3 Å². The third-order valence-corrected chi connectivity index (χ3v) is 5.75. The van der Waals surface area contributed by atoms with Crippen LogP contribution in [0.15, 0.2) is 41.2 Å². The largest absolute Gasteiger partial charge is 0.506 e. The molecule has 3 aromatic rings. The molecule has 8 nitrogen and oxygen atoms in total. The molecule has 1 amide bonds. The molecule has 0 saturated carbocycles. The van der Waals surface area contributed by atoms with Crippen molar-refractivity contribution in [2.45, 2.75) is 45.2 Å². The van der Waals surface area contributed by atoms with E-state index in [0.717, 1.165) is 12.1 Å². The lowest BCUT2D eigenvalue weighted by atomic mass is 10.0. The number of nitrogens with one attached hydrogen (secondary N) is 1. The highest BCUT2D eigenvalue weighted by Crippen LogP contribution is 2.41. The Hall–Kier alpha value is -3.73. The van der Waals surface area contributed by atoms with Crippen LogP contribution in [0.25, 0.3) is 10.9 Å². The molecule has 196 valence electrons. The van der Waals surface area contributed by atoms with Crippen molar-refractivity contribution in [1.82, 2.24) is 9.88 Å². The second kappa shape index (κ2) is 9.29. The number of amides is 1. The van der Waals surface area contributed by atoms with Crippen LogP contribution in [-0.2, 0) is 22.3 Å². The molecule has 1 unspecified atom stereocenters. The fourth-order valence-electron chi connectivity index (χ4n) is 4.01. The van der Waals surface area contributed by atoms with E-state index in [0.29, 0.717) is 5.56 Å². The van der Waals surface area contributed by atoms with Crippen LogP contribution in [0, 0.1) is 0 Å². The normalized spacial score (nSPS) is 15.3. The van der Waals surface area contributed by atoms with E-state index in [2.05, 4.69) is 5.32 Å². The Morgan fingerprint density at radius 1 is 1.19 bits per heavy atom. The number of carbonyl (C=O) groups is 2. The quantitative estimate of drug-likeness (QED) is 0.471. The molecule has 2 N–H and O–H groups in total. The molecule has 2 aromatic carbocycles. The van der Waals surface area contributed by atoms with Gasteiger partial charge in [-0.1, -0.05) is 23.7 Å². The van der Waals surface area contributed by atoms with E-state index >= 15 is 0 Å². The number of hydrogen-bond donors (Lipinski definition) is 2. The van der Waals surface area contributed by atoms with Gasteiger partial charge in [-0.2, -0.15) is 13.2 Å². The summed E-state index contributed by atoms with van der Waals surface area (Å²) in [5.41, 5.74) is -2.63. The number of ether oxygens (including phenoxy) is 2. The maximum Gasteiger partial charge on any atom is 0.416 e. The minimum Gasteiger partial charge on any atom is -0.506 e. The predicted octanol–water partition coefficient (Wildman–Crippen LogP) is 4.58. The van der Waals surface area contributed by atoms with Crippen molar-refractivity contribution in [2.75, 3.05) is 6.54 Å². The number of carbonyl (C=O) groups excluding carboxylic acids is 2. The monoisotopic (exact) mass is 538 g/mol. The lowest BCUT2D eigenvalue weighted by Crippen LogP contribution is -2.39. The highest BCUT2D eigenvalue weighted by Gasteiger charge is 2.33. The molecular weight excluding hydrogens is 517 g/mol. The van der Waals surface area contributed by atoms with E-state index in [1.54, 1.807) is 20.8 Å². The Labute approximate surface area is 213 Å². The molecule has 0 bridgehead atoms. The first-order valence-electron chi connectivity index (χ1n) is 11.1.